The molecule has 88 valence electrons. The Bertz CT molecular complexity index is 348. The topological polar surface area (TPSA) is 30.5 Å². The summed E-state index contributed by atoms with van der Waals surface area (Å²) in [5, 5.41) is 3.42. The molecule has 0 amide bonds. The van der Waals surface area contributed by atoms with E-state index in [9.17, 15) is 0 Å². The number of rotatable bonds is 6. The Morgan fingerprint density at radius 3 is 2.75 bits per heavy atom. The van der Waals surface area contributed by atoms with Gasteiger partial charge in [0.1, 0.15) is 0 Å². The van der Waals surface area contributed by atoms with E-state index in [-0.39, 0.29) is 0 Å². The van der Waals surface area contributed by atoms with Crippen molar-refractivity contribution in [2.75, 3.05) is 25.6 Å². The smallest absolute Gasteiger partial charge is 0.162 e. The molecule has 3 nitrogen and oxygen atoms in total. The molecule has 1 aromatic carbocycles. The van der Waals surface area contributed by atoms with E-state index in [1.54, 1.807) is 7.11 Å². The summed E-state index contributed by atoms with van der Waals surface area (Å²) in [5.41, 5.74) is 1.10. The summed E-state index contributed by atoms with van der Waals surface area (Å²) >= 11 is 0. The van der Waals surface area contributed by atoms with Gasteiger partial charge in [-0.25, -0.2) is 0 Å². The second kappa shape index (κ2) is 5.10. The molecular weight excluding hydrogens is 202 g/mol. The van der Waals surface area contributed by atoms with Crippen LogP contribution in [0.1, 0.15) is 19.8 Å². The van der Waals surface area contributed by atoms with Crippen LogP contribution in [0.3, 0.4) is 0 Å². The van der Waals surface area contributed by atoms with E-state index in [1.165, 1.54) is 12.8 Å². The second-order valence-corrected chi connectivity index (χ2v) is 4.12. The van der Waals surface area contributed by atoms with Crippen LogP contribution in [0.4, 0.5) is 5.69 Å². The van der Waals surface area contributed by atoms with Crippen molar-refractivity contribution in [3.63, 3.8) is 0 Å². The lowest BCUT2D eigenvalue weighted by Gasteiger charge is -2.12. The first-order chi connectivity index (χ1) is 7.83. The standard InChI is InChI=1S/C13H19NO2/c1-3-16-12-7-6-11(8-13(12)15-2)14-9-10-4-5-10/h6-8,10,14H,3-5,9H2,1-2H3. The largest absolute Gasteiger partial charge is 0.493 e. The minimum atomic E-state index is 0.658. The molecule has 2 rings (SSSR count). The Hall–Kier alpha value is -1.38. The fourth-order valence-corrected chi connectivity index (χ4v) is 1.64. The number of nitrogens with one attached hydrogen (secondary N) is 1. The predicted octanol–water partition coefficient (Wildman–Crippen LogP) is 2.92. The van der Waals surface area contributed by atoms with Crippen LogP contribution in [0.15, 0.2) is 18.2 Å². The summed E-state index contributed by atoms with van der Waals surface area (Å²) < 4.78 is 10.8. The minimum absolute atomic E-state index is 0.658. The Kier molecular flexibility index (Phi) is 3.54. The van der Waals surface area contributed by atoms with E-state index in [2.05, 4.69) is 5.32 Å². The van der Waals surface area contributed by atoms with Crippen molar-refractivity contribution in [1.29, 1.82) is 0 Å². The lowest BCUT2D eigenvalue weighted by molar-refractivity contribution is 0.311. The molecule has 1 saturated carbocycles. The van der Waals surface area contributed by atoms with Crippen LogP contribution in [0.25, 0.3) is 0 Å². The number of anilines is 1. The van der Waals surface area contributed by atoms with Gasteiger partial charge >= 0.3 is 0 Å². The fraction of sp³-hybridized carbons (Fsp3) is 0.538. The van der Waals surface area contributed by atoms with Gasteiger partial charge < -0.3 is 14.8 Å². The number of ether oxygens (including phenoxy) is 2. The van der Waals surface area contributed by atoms with Crippen molar-refractivity contribution in [2.24, 2.45) is 5.92 Å². The average Bonchev–Trinajstić information content (AvgIpc) is 3.12. The van der Waals surface area contributed by atoms with E-state index in [0.29, 0.717) is 6.61 Å². The van der Waals surface area contributed by atoms with Gasteiger partial charge in [0.15, 0.2) is 11.5 Å². The van der Waals surface area contributed by atoms with Gasteiger partial charge in [0.25, 0.3) is 0 Å². The molecule has 0 unspecified atom stereocenters. The molecule has 0 saturated heterocycles. The molecule has 1 aliphatic rings. The lowest BCUT2D eigenvalue weighted by atomic mass is 10.2. The van der Waals surface area contributed by atoms with Crippen LogP contribution < -0.4 is 14.8 Å². The molecule has 16 heavy (non-hydrogen) atoms. The normalized spacial score (nSPS) is 14.6. The Morgan fingerprint density at radius 2 is 2.12 bits per heavy atom. The maximum atomic E-state index is 5.47. The van der Waals surface area contributed by atoms with E-state index in [0.717, 1.165) is 29.6 Å². The molecule has 0 heterocycles. The van der Waals surface area contributed by atoms with Gasteiger partial charge in [0.2, 0.25) is 0 Å². The summed E-state index contributed by atoms with van der Waals surface area (Å²) in [6, 6.07) is 5.99. The van der Waals surface area contributed by atoms with Crippen LogP contribution in [0.2, 0.25) is 0 Å². The second-order valence-electron chi connectivity index (χ2n) is 4.12. The van der Waals surface area contributed by atoms with Crippen molar-refractivity contribution in [2.45, 2.75) is 19.8 Å². The quantitative estimate of drug-likeness (QED) is 0.801. The molecule has 1 aromatic rings. The zero-order valence-electron chi connectivity index (χ0n) is 9.95. The molecular formula is C13H19NO2. The first kappa shape index (κ1) is 11.1. The van der Waals surface area contributed by atoms with Gasteiger partial charge in [-0.2, -0.15) is 0 Å². The Labute approximate surface area is 96.8 Å². The molecule has 1 N–H and O–H groups in total. The Balaban J connectivity index is 2.02. The molecule has 1 fully saturated rings. The third kappa shape index (κ3) is 2.81. The first-order valence-electron chi connectivity index (χ1n) is 5.88. The van der Waals surface area contributed by atoms with Crippen molar-refractivity contribution in [3.05, 3.63) is 18.2 Å². The van der Waals surface area contributed by atoms with Gasteiger partial charge in [-0.1, -0.05) is 0 Å². The first-order valence-corrected chi connectivity index (χ1v) is 5.88. The van der Waals surface area contributed by atoms with E-state index in [1.807, 2.05) is 25.1 Å². The van der Waals surface area contributed by atoms with Crippen molar-refractivity contribution < 1.29 is 9.47 Å². The molecule has 3 heteroatoms. The highest BCUT2D eigenvalue weighted by Gasteiger charge is 2.20. The predicted molar refractivity (Wildman–Crippen MR) is 65.4 cm³/mol. The SMILES string of the molecule is CCOc1ccc(NCC2CC2)cc1OC. The van der Waals surface area contributed by atoms with Crippen molar-refractivity contribution in [3.8, 4) is 11.5 Å². The highest BCUT2D eigenvalue weighted by atomic mass is 16.5. The van der Waals surface area contributed by atoms with E-state index in [4.69, 9.17) is 9.47 Å². The maximum Gasteiger partial charge on any atom is 0.162 e. The molecule has 0 atom stereocenters. The third-order valence-corrected chi connectivity index (χ3v) is 2.76. The van der Waals surface area contributed by atoms with Gasteiger partial charge in [-0.15, -0.1) is 0 Å². The minimum Gasteiger partial charge on any atom is -0.493 e. The van der Waals surface area contributed by atoms with Gasteiger partial charge in [0.05, 0.1) is 13.7 Å². The fourth-order valence-electron chi connectivity index (χ4n) is 1.64. The van der Waals surface area contributed by atoms with Gasteiger partial charge in [0, 0.05) is 18.3 Å². The summed E-state index contributed by atoms with van der Waals surface area (Å²) in [6.45, 7) is 3.70. The highest BCUT2D eigenvalue weighted by Crippen LogP contribution is 2.32. The molecule has 0 bridgehead atoms. The molecule has 0 aromatic heterocycles. The molecule has 0 spiro atoms. The van der Waals surface area contributed by atoms with E-state index < -0.39 is 0 Å². The summed E-state index contributed by atoms with van der Waals surface area (Å²) in [5.74, 6) is 2.47. The van der Waals surface area contributed by atoms with Crippen LogP contribution in [0, 0.1) is 5.92 Å². The monoisotopic (exact) mass is 221 g/mol. The van der Waals surface area contributed by atoms with Crippen LogP contribution in [0.5, 0.6) is 11.5 Å². The lowest BCUT2D eigenvalue weighted by Crippen LogP contribution is -2.03. The maximum absolute atomic E-state index is 5.47. The molecule has 0 radical (unpaired) electrons. The number of methoxy groups -OCH3 is 1. The summed E-state index contributed by atoms with van der Waals surface area (Å²) in [6.07, 6.45) is 2.72. The average molecular weight is 221 g/mol. The highest BCUT2D eigenvalue weighted by molar-refractivity contribution is 5.54. The number of benzene rings is 1. The van der Waals surface area contributed by atoms with Crippen molar-refractivity contribution in [1.82, 2.24) is 0 Å². The molecule has 1 aliphatic carbocycles. The zero-order chi connectivity index (χ0) is 11.4. The number of hydrogen-bond acceptors (Lipinski definition) is 3. The van der Waals surface area contributed by atoms with Gasteiger partial charge in [-0.05, 0) is 37.8 Å². The van der Waals surface area contributed by atoms with Gasteiger partial charge in [-0.3, -0.25) is 0 Å². The summed E-state index contributed by atoms with van der Waals surface area (Å²) in [7, 11) is 1.67. The van der Waals surface area contributed by atoms with Crippen LogP contribution in [-0.4, -0.2) is 20.3 Å². The summed E-state index contributed by atoms with van der Waals surface area (Å²) in [4.78, 5) is 0. The van der Waals surface area contributed by atoms with Crippen LogP contribution in [-0.2, 0) is 0 Å². The Morgan fingerprint density at radius 1 is 1.31 bits per heavy atom. The number of hydrogen-bond donors (Lipinski definition) is 1. The third-order valence-electron chi connectivity index (χ3n) is 2.76. The molecule has 0 aliphatic heterocycles. The van der Waals surface area contributed by atoms with Crippen LogP contribution >= 0.6 is 0 Å². The van der Waals surface area contributed by atoms with Crippen molar-refractivity contribution >= 4 is 5.69 Å². The zero-order valence-corrected chi connectivity index (χ0v) is 9.95. The van der Waals surface area contributed by atoms with E-state index >= 15 is 0 Å².